The predicted octanol–water partition coefficient (Wildman–Crippen LogP) is 2.92. The van der Waals surface area contributed by atoms with Gasteiger partial charge in [-0.15, -0.1) is 0 Å². The number of hydrogen-bond acceptors (Lipinski definition) is 3. The fourth-order valence-corrected chi connectivity index (χ4v) is 5.90. The molecule has 2 aromatic rings. The molecule has 0 aromatic heterocycles. The van der Waals surface area contributed by atoms with Gasteiger partial charge in [-0.25, -0.2) is 13.2 Å². The Morgan fingerprint density at radius 1 is 0.840 bits per heavy atom. The highest BCUT2D eigenvalue weighted by Gasteiger charge is 2.54. The molecule has 2 aliphatic rings. The van der Waals surface area contributed by atoms with Gasteiger partial charge in [-0.1, -0.05) is 24.3 Å². The van der Waals surface area contributed by atoms with E-state index >= 15 is 0 Å². The third kappa shape index (κ3) is 2.70. The first-order valence-corrected chi connectivity index (χ1v) is 10.1. The van der Waals surface area contributed by atoms with Crippen molar-refractivity contribution in [2.24, 2.45) is 0 Å². The Hall–Kier alpha value is -2.34. The number of amides is 2. The number of carbonyl (C=O) groups is 1. The highest BCUT2D eigenvalue weighted by molar-refractivity contribution is 7.91. The Labute approximate surface area is 147 Å². The van der Waals surface area contributed by atoms with Crippen LogP contribution in [0.3, 0.4) is 0 Å². The second kappa shape index (κ2) is 5.59. The summed E-state index contributed by atoms with van der Waals surface area (Å²) in [7, 11) is -3.17. The number of hydrogen-bond donors (Lipinski definition) is 0. The SMILES string of the molecule is Cc1cc(C)cc(N2C(=O)N(c3ccccc3)C3CS(=O)(=O)CC32)c1. The van der Waals surface area contributed by atoms with Crippen LogP contribution in [0.25, 0.3) is 0 Å². The number of benzene rings is 2. The third-order valence-electron chi connectivity index (χ3n) is 4.89. The van der Waals surface area contributed by atoms with Crippen LogP contribution in [0.5, 0.6) is 0 Å². The van der Waals surface area contributed by atoms with Gasteiger partial charge >= 0.3 is 6.03 Å². The third-order valence-corrected chi connectivity index (χ3v) is 6.59. The first-order valence-electron chi connectivity index (χ1n) is 8.32. The summed E-state index contributed by atoms with van der Waals surface area (Å²) in [6.45, 7) is 3.96. The summed E-state index contributed by atoms with van der Waals surface area (Å²) in [5, 5.41) is 0. The number of nitrogens with zero attached hydrogens (tertiary/aromatic N) is 2. The smallest absolute Gasteiger partial charge is 0.288 e. The van der Waals surface area contributed by atoms with Crippen LogP contribution in [-0.4, -0.2) is 38.0 Å². The predicted molar refractivity (Wildman–Crippen MR) is 98.9 cm³/mol. The molecule has 2 amide bonds. The minimum absolute atomic E-state index is 0.0135. The maximum Gasteiger partial charge on any atom is 0.329 e. The molecule has 4 rings (SSSR count). The van der Waals surface area contributed by atoms with Crippen LogP contribution in [0.1, 0.15) is 11.1 Å². The van der Waals surface area contributed by atoms with Crippen LogP contribution >= 0.6 is 0 Å². The molecule has 0 aliphatic carbocycles. The summed E-state index contributed by atoms with van der Waals surface area (Å²) >= 11 is 0. The summed E-state index contributed by atoms with van der Waals surface area (Å²) in [6.07, 6.45) is 0. The Balaban J connectivity index is 1.83. The molecule has 0 saturated carbocycles. The summed E-state index contributed by atoms with van der Waals surface area (Å²) in [6, 6.07) is 14.4. The zero-order valence-corrected chi connectivity index (χ0v) is 15.0. The van der Waals surface area contributed by atoms with Crippen molar-refractivity contribution in [3.63, 3.8) is 0 Å². The maximum atomic E-state index is 13.2. The lowest BCUT2D eigenvalue weighted by Crippen LogP contribution is -2.38. The number of sulfone groups is 1. The Kier molecular flexibility index (Phi) is 3.61. The minimum Gasteiger partial charge on any atom is -0.288 e. The molecule has 0 bridgehead atoms. The van der Waals surface area contributed by atoms with Crippen LogP contribution in [0.4, 0.5) is 16.2 Å². The first kappa shape index (κ1) is 16.1. The molecule has 2 aromatic carbocycles. The van der Waals surface area contributed by atoms with Crippen molar-refractivity contribution in [2.75, 3.05) is 21.3 Å². The average molecular weight is 356 g/mol. The molecule has 5 nitrogen and oxygen atoms in total. The molecule has 0 spiro atoms. The van der Waals surface area contributed by atoms with Gasteiger partial charge in [0.1, 0.15) is 0 Å². The second-order valence-electron chi connectivity index (χ2n) is 6.92. The molecular formula is C19H20N2O3S. The molecule has 2 saturated heterocycles. The van der Waals surface area contributed by atoms with Crippen molar-refractivity contribution < 1.29 is 13.2 Å². The van der Waals surface area contributed by atoms with E-state index in [9.17, 15) is 13.2 Å². The molecule has 2 aliphatic heterocycles. The van der Waals surface area contributed by atoms with Crippen molar-refractivity contribution in [2.45, 2.75) is 25.9 Å². The molecule has 2 fully saturated rings. The number of fused-ring (bicyclic) bond motifs is 1. The number of rotatable bonds is 2. The van der Waals surface area contributed by atoms with Crippen LogP contribution in [0, 0.1) is 13.8 Å². The number of anilines is 2. The van der Waals surface area contributed by atoms with Crippen molar-refractivity contribution >= 4 is 27.2 Å². The normalized spacial score (nSPS) is 24.6. The van der Waals surface area contributed by atoms with E-state index in [4.69, 9.17) is 0 Å². The van der Waals surface area contributed by atoms with Gasteiger partial charge in [0.05, 0.1) is 23.6 Å². The van der Waals surface area contributed by atoms with Crippen molar-refractivity contribution in [3.05, 3.63) is 59.7 Å². The number of carbonyl (C=O) groups excluding carboxylic acids is 1. The van der Waals surface area contributed by atoms with E-state index < -0.39 is 9.84 Å². The lowest BCUT2D eigenvalue weighted by molar-refractivity contribution is 0.255. The summed E-state index contributed by atoms with van der Waals surface area (Å²) < 4.78 is 24.5. The van der Waals surface area contributed by atoms with E-state index in [0.717, 1.165) is 22.5 Å². The van der Waals surface area contributed by atoms with Gasteiger partial charge in [-0.2, -0.15) is 0 Å². The van der Waals surface area contributed by atoms with Crippen molar-refractivity contribution in [1.82, 2.24) is 0 Å². The van der Waals surface area contributed by atoms with Crippen LogP contribution < -0.4 is 9.80 Å². The molecule has 2 heterocycles. The zero-order chi connectivity index (χ0) is 17.8. The molecule has 6 heteroatoms. The number of para-hydroxylation sites is 1. The van der Waals surface area contributed by atoms with Crippen LogP contribution in [0.2, 0.25) is 0 Å². The van der Waals surface area contributed by atoms with Crippen molar-refractivity contribution in [1.29, 1.82) is 0 Å². The van der Waals surface area contributed by atoms with E-state index in [-0.39, 0.29) is 29.6 Å². The van der Waals surface area contributed by atoms with Gasteiger partial charge in [0.25, 0.3) is 0 Å². The molecular weight excluding hydrogens is 336 g/mol. The van der Waals surface area contributed by atoms with E-state index in [0.29, 0.717) is 0 Å². The van der Waals surface area contributed by atoms with Gasteiger partial charge in [0.2, 0.25) is 0 Å². The largest absolute Gasteiger partial charge is 0.329 e. The van der Waals surface area contributed by atoms with Crippen LogP contribution in [-0.2, 0) is 9.84 Å². The lowest BCUT2D eigenvalue weighted by Gasteiger charge is -2.23. The highest BCUT2D eigenvalue weighted by atomic mass is 32.2. The van der Waals surface area contributed by atoms with Crippen LogP contribution in [0.15, 0.2) is 48.5 Å². The second-order valence-corrected chi connectivity index (χ2v) is 9.07. The van der Waals surface area contributed by atoms with Gasteiger partial charge in [-0.05, 0) is 49.2 Å². The molecule has 2 unspecified atom stereocenters. The standard InChI is InChI=1S/C19H20N2O3S/c1-13-8-14(2)10-16(9-13)21-18-12-25(23,24)11-17(18)20(19(21)22)15-6-4-3-5-7-15/h3-10,17-18H,11-12H2,1-2H3. The van der Waals surface area contributed by atoms with E-state index in [1.165, 1.54) is 0 Å². The fraction of sp³-hybridized carbons (Fsp3) is 0.316. The van der Waals surface area contributed by atoms with E-state index in [1.807, 2.05) is 62.4 Å². The monoisotopic (exact) mass is 356 g/mol. The van der Waals surface area contributed by atoms with E-state index in [1.54, 1.807) is 9.80 Å². The van der Waals surface area contributed by atoms with Gasteiger partial charge in [-0.3, -0.25) is 9.80 Å². The summed E-state index contributed by atoms with van der Waals surface area (Å²) in [5.74, 6) is 0.0271. The average Bonchev–Trinajstić information content (AvgIpc) is 2.95. The molecule has 130 valence electrons. The molecule has 0 radical (unpaired) electrons. The Morgan fingerprint density at radius 3 is 1.92 bits per heavy atom. The zero-order valence-electron chi connectivity index (χ0n) is 14.2. The Morgan fingerprint density at radius 2 is 1.36 bits per heavy atom. The summed E-state index contributed by atoms with van der Waals surface area (Å²) in [5.41, 5.74) is 3.62. The van der Waals surface area contributed by atoms with Gasteiger partial charge in [0, 0.05) is 11.4 Å². The van der Waals surface area contributed by atoms with Gasteiger partial charge < -0.3 is 0 Å². The van der Waals surface area contributed by atoms with Gasteiger partial charge in [0.15, 0.2) is 9.84 Å². The summed E-state index contributed by atoms with van der Waals surface area (Å²) in [4.78, 5) is 16.5. The minimum atomic E-state index is -3.17. The first-order chi connectivity index (χ1) is 11.9. The lowest BCUT2D eigenvalue weighted by atomic mass is 10.1. The number of urea groups is 1. The topological polar surface area (TPSA) is 57.7 Å². The van der Waals surface area contributed by atoms with Crippen molar-refractivity contribution in [3.8, 4) is 0 Å². The maximum absolute atomic E-state index is 13.2. The molecule has 25 heavy (non-hydrogen) atoms. The van der Waals surface area contributed by atoms with E-state index in [2.05, 4.69) is 0 Å². The highest BCUT2D eigenvalue weighted by Crippen LogP contribution is 2.38. The molecule has 2 atom stereocenters. The molecule has 0 N–H and O–H groups in total. The quantitative estimate of drug-likeness (QED) is 0.778. The Bertz CT molecular complexity index is 920. The number of aryl methyl sites for hydroxylation is 2. The fourth-order valence-electron chi connectivity index (χ4n) is 3.99.